The summed E-state index contributed by atoms with van der Waals surface area (Å²) in [6.45, 7) is -2.38. The lowest BCUT2D eigenvalue weighted by Crippen LogP contribution is -2.48. The molecule has 8 N–H and O–H groups in total. The van der Waals surface area contributed by atoms with Gasteiger partial charge < -0.3 is 36.8 Å². The van der Waals surface area contributed by atoms with Crippen LogP contribution in [-0.4, -0.2) is 70.2 Å². The summed E-state index contributed by atoms with van der Waals surface area (Å²) in [6.07, 6.45) is -0.678. The number of anilines is 4. The summed E-state index contributed by atoms with van der Waals surface area (Å²) in [4.78, 5) is 54.0. The summed E-state index contributed by atoms with van der Waals surface area (Å²) in [5.41, 5.74) is 5.39. The van der Waals surface area contributed by atoms with Crippen LogP contribution in [-0.2, 0) is 9.59 Å². The number of nitrogens with zero attached hydrogens (tertiary/aromatic N) is 2. The number of aliphatic carboxylic acids is 2. The average Bonchev–Trinajstić information content (AvgIpc) is 2.79. The standard InChI is InChI=1S/C20H25N7O6/c1-27-12(9-23-16-15(27)18(31)26-20(21)25-16)8-22-11-4-2-10(3-5-11)17(30)24-13(19(32)33)6-7-14(28)29/h2-5,12-13,22H,6-9H2,1H3,(H,24,30)(H,28,29)(H,32,33)(H4,21,23,25,26,31)/t12?,13-/m0/s1/i1D3. The van der Waals surface area contributed by atoms with Crippen LogP contribution in [0.3, 0.4) is 0 Å². The second-order valence-electron chi connectivity index (χ2n) is 7.31. The van der Waals surface area contributed by atoms with Gasteiger partial charge in [-0.2, -0.15) is 4.98 Å². The van der Waals surface area contributed by atoms with Crippen molar-refractivity contribution in [3.63, 3.8) is 0 Å². The van der Waals surface area contributed by atoms with E-state index in [1.54, 1.807) is 12.1 Å². The Morgan fingerprint density at radius 1 is 1.33 bits per heavy atom. The van der Waals surface area contributed by atoms with Crippen molar-refractivity contribution in [3.05, 3.63) is 40.2 Å². The van der Waals surface area contributed by atoms with Gasteiger partial charge in [0.2, 0.25) is 5.95 Å². The van der Waals surface area contributed by atoms with Gasteiger partial charge in [-0.3, -0.25) is 19.4 Å². The maximum atomic E-state index is 12.4. The fourth-order valence-corrected chi connectivity index (χ4v) is 3.22. The lowest BCUT2D eigenvalue weighted by atomic mass is 10.1. The molecule has 1 aromatic carbocycles. The van der Waals surface area contributed by atoms with Crippen molar-refractivity contribution in [2.75, 3.05) is 41.3 Å². The zero-order valence-electron chi connectivity index (χ0n) is 20.3. The van der Waals surface area contributed by atoms with Crippen molar-refractivity contribution in [1.29, 1.82) is 0 Å². The number of aromatic nitrogens is 2. The molecule has 2 atom stereocenters. The molecule has 0 bridgehead atoms. The first kappa shape index (κ1) is 19.4. The first-order chi connectivity index (χ1) is 16.9. The summed E-state index contributed by atoms with van der Waals surface area (Å²) < 4.78 is 23.7. The van der Waals surface area contributed by atoms with Gasteiger partial charge in [0, 0.05) is 41.8 Å². The van der Waals surface area contributed by atoms with Crippen LogP contribution in [0.2, 0.25) is 0 Å². The van der Waals surface area contributed by atoms with Crippen LogP contribution in [0.4, 0.5) is 23.1 Å². The molecule has 3 rings (SSSR count). The van der Waals surface area contributed by atoms with Crippen LogP contribution in [0, 0.1) is 0 Å². The van der Waals surface area contributed by atoms with Crippen molar-refractivity contribution in [3.8, 4) is 0 Å². The van der Waals surface area contributed by atoms with Gasteiger partial charge in [-0.1, -0.05) is 0 Å². The van der Waals surface area contributed by atoms with E-state index in [1.165, 1.54) is 12.1 Å². The normalized spacial score (nSPS) is 17.4. The molecule has 1 unspecified atom stereocenters. The summed E-state index contributed by atoms with van der Waals surface area (Å²) in [7, 11) is 0. The van der Waals surface area contributed by atoms with Gasteiger partial charge in [0.15, 0.2) is 5.82 Å². The van der Waals surface area contributed by atoms with Gasteiger partial charge in [0.05, 0.1) is 6.04 Å². The van der Waals surface area contributed by atoms with Crippen LogP contribution in [0.15, 0.2) is 29.1 Å². The second kappa shape index (κ2) is 9.89. The van der Waals surface area contributed by atoms with E-state index < -0.39 is 48.9 Å². The summed E-state index contributed by atoms with van der Waals surface area (Å²) >= 11 is 0. The predicted octanol–water partition coefficient (Wildman–Crippen LogP) is -0.258. The quantitative estimate of drug-likeness (QED) is 0.259. The number of aromatic amines is 1. The third-order valence-electron chi connectivity index (χ3n) is 4.96. The minimum Gasteiger partial charge on any atom is -0.481 e. The monoisotopic (exact) mass is 462 g/mol. The SMILES string of the molecule is [2H]C([2H])([2H])N1c2c(nc(N)[nH]c2=O)NCC1CNc1ccc(C(=O)N[C@@H](CCC(=O)O)C(=O)O)cc1. The first-order valence-corrected chi connectivity index (χ1v) is 9.89. The number of carboxylic acids is 2. The fourth-order valence-electron chi connectivity index (χ4n) is 3.22. The highest BCUT2D eigenvalue weighted by molar-refractivity contribution is 5.96. The number of amides is 1. The zero-order valence-corrected chi connectivity index (χ0v) is 17.3. The van der Waals surface area contributed by atoms with E-state index in [0.29, 0.717) is 5.69 Å². The third-order valence-corrected chi connectivity index (χ3v) is 4.96. The largest absolute Gasteiger partial charge is 0.481 e. The molecule has 2 heterocycles. The minimum atomic E-state index is -2.64. The zero-order chi connectivity index (χ0) is 26.6. The molecular weight excluding hydrogens is 434 g/mol. The van der Waals surface area contributed by atoms with Crippen LogP contribution < -0.4 is 32.1 Å². The Kier molecular flexibility index (Phi) is 5.81. The Hall–Kier alpha value is -4.29. The van der Waals surface area contributed by atoms with Crippen molar-refractivity contribution in [1.82, 2.24) is 15.3 Å². The number of H-pyrrole nitrogens is 1. The molecule has 0 fully saturated rings. The van der Waals surface area contributed by atoms with Crippen molar-refractivity contribution in [2.24, 2.45) is 0 Å². The van der Waals surface area contributed by atoms with E-state index in [4.69, 9.17) is 15.0 Å². The molecule has 176 valence electrons. The van der Waals surface area contributed by atoms with E-state index in [-0.39, 0.29) is 42.5 Å². The average molecular weight is 462 g/mol. The molecule has 0 saturated heterocycles. The van der Waals surface area contributed by atoms with Gasteiger partial charge >= 0.3 is 11.9 Å². The number of carbonyl (C=O) groups excluding carboxylic acids is 1. The highest BCUT2D eigenvalue weighted by atomic mass is 16.4. The smallest absolute Gasteiger partial charge is 0.326 e. The highest BCUT2D eigenvalue weighted by Gasteiger charge is 2.27. The van der Waals surface area contributed by atoms with Crippen molar-refractivity contribution < 1.29 is 28.7 Å². The van der Waals surface area contributed by atoms with Gasteiger partial charge in [0.1, 0.15) is 11.7 Å². The molecular formula is C20H25N7O6. The number of nitrogen functional groups attached to an aromatic ring is 1. The number of nitrogens with two attached hydrogens (primary N) is 1. The predicted molar refractivity (Wildman–Crippen MR) is 121 cm³/mol. The molecule has 13 heteroatoms. The number of likely N-dealkylation sites (N-methyl/N-ethyl adjacent to an activating group) is 1. The van der Waals surface area contributed by atoms with E-state index in [2.05, 4.69) is 25.9 Å². The molecule has 0 radical (unpaired) electrons. The van der Waals surface area contributed by atoms with Gasteiger partial charge in [0.25, 0.3) is 11.5 Å². The maximum absolute atomic E-state index is 12.4. The van der Waals surface area contributed by atoms with Crippen LogP contribution in [0.1, 0.15) is 27.3 Å². The Morgan fingerprint density at radius 2 is 2.06 bits per heavy atom. The van der Waals surface area contributed by atoms with Gasteiger partial charge in [-0.25, -0.2) is 4.79 Å². The molecule has 1 aromatic heterocycles. The molecule has 0 saturated carbocycles. The fraction of sp³-hybridized carbons (Fsp3) is 0.350. The lowest BCUT2D eigenvalue weighted by Gasteiger charge is -2.35. The minimum absolute atomic E-state index is 0.0713. The number of rotatable bonds is 9. The van der Waals surface area contributed by atoms with Crippen LogP contribution >= 0.6 is 0 Å². The van der Waals surface area contributed by atoms with E-state index >= 15 is 0 Å². The van der Waals surface area contributed by atoms with E-state index in [9.17, 15) is 24.3 Å². The first-order valence-electron chi connectivity index (χ1n) is 11.4. The number of benzene rings is 1. The van der Waals surface area contributed by atoms with Crippen molar-refractivity contribution >= 4 is 41.0 Å². The summed E-state index contributed by atoms with van der Waals surface area (Å²) in [5.74, 6) is -3.28. The number of carbonyl (C=O) groups is 3. The van der Waals surface area contributed by atoms with Crippen LogP contribution in [0.25, 0.3) is 0 Å². The summed E-state index contributed by atoms with van der Waals surface area (Å²) in [6, 6.07) is 3.92. The Labute approximate surface area is 192 Å². The number of hydrogen-bond acceptors (Lipinski definition) is 9. The Morgan fingerprint density at radius 3 is 2.70 bits per heavy atom. The molecule has 13 nitrogen and oxygen atoms in total. The molecule has 2 aromatic rings. The molecule has 1 amide bonds. The van der Waals surface area contributed by atoms with Crippen molar-refractivity contribution in [2.45, 2.75) is 24.9 Å². The number of carboxylic acid groups (broad SMARTS) is 2. The van der Waals surface area contributed by atoms with Gasteiger partial charge in [-0.15, -0.1) is 0 Å². The topological polar surface area (TPSA) is 203 Å². The molecule has 0 spiro atoms. The lowest BCUT2D eigenvalue weighted by molar-refractivity contribution is -0.140. The number of nitrogens with one attached hydrogen (secondary N) is 4. The highest BCUT2D eigenvalue weighted by Crippen LogP contribution is 2.25. The molecule has 33 heavy (non-hydrogen) atoms. The molecule has 1 aliphatic rings. The number of fused-ring (bicyclic) bond motifs is 1. The van der Waals surface area contributed by atoms with Gasteiger partial charge in [-0.05, 0) is 30.7 Å². The Balaban J connectivity index is 1.68. The Bertz CT molecular complexity index is 1200. The van der Waals surface area contributed by atoms with E-state index in [1.807, 2.05) is 0 Å². The van der Waals surface area contributed by atoms with E-state index in [0.717, 1.165) is 4.90 Å². The number of hydrogen-bond donors (Lipinski definition) is 7. The van der Waals surface area contributed by atoms with Crippen LogP contribution in [0.5, 0.6) is 0 Å². The third kappa shape index (κ3) is 5.70. The second-order valence-corrected chi connectivity index (χ2v) is 7.31. The molecule has 0 aliphatic carbocycles. The molecule has 1 aliphatic heterocycles. The summed E-state index contributed by atoms with van der Waals surface area (Å²) in [5, 5.41) is 26.2. The maximum Gasteiger partial charge on any atom is 0.326 e.